The second-order valence-electron chi connectivity index (χ2n) is 5.55. The van der Waals surface area contributed by atoms with Gasteiger partial charge in [0, 0.05) is 13.1 Å². The van der Waals surface area contributed by atoms with Crippen LogP contribution in [-0.4, -0.2) is 15.8 Å². The number of halogens is 1. The molecule has 0 spiro atoms. The summed E-state index contributed by atoms with van der Waals surface area (Å²) < 4.78 is 8.86. The molecule has 2 aromatic rings. The van der Waals surface area contributed by atoms with E-state index in [1.807, 2.05) is 31.6 Å². The third-order valence-electron chi connectivity index (χ3n) is 3.38. The Morgan fingerprint density at radius 2 is 2.10 bits per heavy atom. The van der Waals surface area contributed by atoms with Crippen molar-refractivity contribution in [1.82, 2.24) is 9.78 Å². The molecular weight excluding hydrogens is 330 g/mol. The Morgan fingerprint density at radius 1 is 1.38 bits per heavy atom. The van der Waals surface area contributed by atoms with Crippen LogP contribution in [0.3, 0.4) is 0 Å². The van der Waals surface area contributed by atoms with Gasteiger partial charge in [0.25, 0.3) is 0 Å². The molecule has 0 bridgehead atoms. The van der Waals surface area contributed by atoms with E-state index in [1.165, 1.54) is 5.56 Å². The first-order chi connectivity index (χ1) is 9.88. The van der Waals surface area contributed by atoms with Crippen LogP contribution in [0.15, 0.2) is 22.7 Å². The Labute approximate surface area is 134 Å². The predicted molar refractivity (Wildman–Crippen MR) is 88.5 cm³/mol. The van der Waals surface area contributed by atoms with E-state index < -0.39 is 0 Å². The van der Waals surface area contributed by atoms with E-state index in [1.54, 1.807) is 0 Å². The van der Waals surface area contributed by atoms with E-state index in [0.717, 1.165) is 33.6 Å². The molecule has 2 rings (SSSR count). The molecule has 21 heavy (non-hydrogen) atoms. The zero-order valence-corrected chi connectivity index (χ0v) is 14.6. The molecule has 4 nitrogen and oxygen atoms in total. The predicted octanol–water partition coefficient (Wildman–Crippen LogP) is 3.27. The first-order valence-corrected chi connectivity index (χ1v) is 7.83. The largest absolute Gasteiger partial charge is 0.487 e. The van der Waals surface area contributed by atoms with E-state index in [9.17, 15) is 0 Å². The Balaban J connectivity index is 2.19. The van der Waals surface area contributed by atoms with Gasteiger partial charge < -0.3 is 10.5 Å². The highest BCUT2D eigenvalue weighted by Gasteiger charge is 2.13. The Hall–Kier alpha value is -1.33. The van der Waals surface area contributed by atoms with E-state index in [4.69, 9.17) is 10.5 Å². The average Bonchev–Trinajstić information content (AvgIpc) is 2.62. The molecule has 1 unspecified atom stereocenters. The maximum atomic E-state index is 6.01. The molecule has 1 aromatic carbocycles. The molecule has 0 aliphatic carbocycles. The SMILES string of the molecule is Cc1ccc(OCc2c(Br)c(C)nn2C)c(CC(C)N)c1. The van der Waals surface area contributed by atoms with Crippen LogP contribution in [0.5, 0.6) is 5.75 Å². The molecule has 0 aliphatic rings. The standard InChI is InChI=1S/C16H22BrN3O/c1-10-5-6-15(13(7-10)8-11(2)18)21-9-14-16(17)12(3)19-20(14)4/h5-7,11H,8-9,18H2,1-4H3. The minimum atomic E-state index is 0.111. The van der Waals surface area contributed by atoms with Crippen molar-refractivity contribution in [2.45, 2.75) is 39.8 Å². The van der Waals surface area contributed by atoms with E-state index in [0.29, 0.717) is 6.61 Å². The molecule has 114 valence electrons. The minimum Gasteiger partial charge on any atom is -0.487 e. The van der Waals surface area contributed by atoms with Gasteiger partial charge in [0.05, 0.1) is 15.9 Å². The third-order valence-corrected chi connectivity index (χ3v) is 4.42. The van der Waals surface area contributed by atoms with Gasteiger partial charge in [0.2, 0.25) is 0 Å². The van der Waals surface area contributed by atoms with Crippen LogP contribution in [0, 0.1) is 13.8 Å². The number of hydrogen-bond acceptors (Lipinski definition) is 3. The summed E-state index contributed by atoms with van der Waals surface area (Å²) in [6.45, 7) is 6.54. The maximum Gasteiger partial charge on any atom is 0.131 e. The van der Waals surface area contributed by atoms with E-state index in [-0.39, 0.29) is 6.04 Å². The topological polar surface area (TPSA) is 53.1 Å². The molecule has 0 saturated carbocycles. The van der Waals surface area contributed by atoms with Crippen LogP contribution in [0.2, 0.25) is 0 Å². The van der Waals surface area contributed by atoms with Gasteiger partial charge >= 0.3 is 0 Å². The van der Waals surface area contributed by atoms with Crippen molar-refractivity contribution in [3.8, 4) is 5.75 Å². The Morgan fingerprint density at radius 3 is 2.67 bits per heavy atom. The zero-order chi connectivity index (χ0) is 15.6. The number of aromatic nitrogens is 2. The summed E-state index contributed by atoms with van der Waals surface area (Å²) in [4.78, 5) is 0. The molecule has 0 saturated heterocycles. The van der Waals surface area contributed by atoms with Crippen LogP contribution >= 0.6 is 15.9 Å². The van der Waals surface area contributed by atoms with Gasteiger partial charge in [0.15, 0.2) is 0 Å². The Bertz CT molecular complexity index is 635. The van der Waals surface area contributed by atoms with Crippen molar-refractivity contribution in [2.75, 3.05) is 0 Å². The molecule has 0 radical (unpaired) electrons. The zero-order valence-electron chi connectivity index (χ0n) is 13.0. The molecule has 0 amide bonds. The number of ether oxygens (including phenoxy) is 1. The fourth-order valence-corrected chi connectivity index (χ4v) is 2.79. The van der Waals surface area contributed by atoms with Crippen LogP contribution in [0.25, 0.3) is 0 Å². The van der Waals surface area contributed by atoms with Gasteiger partial charge in [-0.1, -0.05) is 17.7 Å². The summed E-state index contributed by atoms with van der Waals surface area (Å²) in [5, 5.41) is 4.38. The highest BCUT2D eigenvalue weighted by Crippen LogP contribution is 2.25. The molecule has 1 aromatic heterocycles. The number of nitrogens with zero attached hydrogens (tertiary/aromatic N) is 2. The van der Waals surface area contributed by atoms with Gasteiger partial charge in [-0.15, -0.1) is 0 Å². The van der Waals surface area contributed by atoms with Gasteiger partial charge in [-0.05, 0) is 54.8 Å². The first kappa shape index (κ1) is 16.0. The van der Waals surface area contributed by atoms with Crippen LogP contribution < -0.4 is 10.5 Å². The lowest BCUT2D eigenvalue weighted by Gasteiger charge is -2.14. The number of rotatable bonds is 5. The van der Waals surface area contributed by atoms with Gasteiger partial charge in [-0.25, -0.2) is 0 Å². The summed E-state index contributed by atoms with van der Waals surface area (Å²) in [7, 11) is 1.93. The summed E-state index contributed by atoms with van der Waals surface area (Å²) in [6, 6.07) is 6.33. The van der Waals surface area contributed by atoms with Crippen molar-refractivity contribution in [3.05, 3.63) is 45.2 Å². The molecule has 5 heteroatoms. The van der Waals surface area contributed by atoms with Gasteiger partial charge in [0.1, 0.15) is 12.4 Å². The fraction of sp³-hybridized carbons (Fsp3) is 0.438. The smallest absolute Gasteiger partial charge is 0.131 e. The van der Waals surface area contributed by atoms with Gasteiger partial charge in [-0.3, -0.25) is 4.68 Å². The van der Waals surface area contributed by atoms with Crippen molar-refractivity contribution in [1.29, 1.82) is 0 Å². The number of aryl methyl sites for hydroxylation is 3. The third kappa shape index (κ3) is 3.86. The number of nitrogens with two attached hydrogens (primary N) is 1. The molecule has 1 atom stereocenters. The second-order valence-corrected chi connectivity index (χ2v) is 6.34. The number of benzene rings is 1. The second kappa shape index (κ2) is 6.62. The van der Waals surface area contributed by atoms with Crippen LogP contribution in [0.1, 0.15) is 29.4 Å². The number of hydrogen-bond donors (Lipinski definition) is 1. The lowest BCUT2D eigenvalue weighted by atomic mass is 10.0. The molecule has 1 heterocycles. The summed E-state index contributed by atoms with van der Waals surface area (Å²) >= 11 is 3.56. The summed E-state index contributed by atoms with van der Waals surface area (Å²) in [5.74, 6) is 0.892. The van der Waals surface area contributed by atoms with Crippen molar-refractivity contribution in [2.24, 2.45) is 12.8 Å². The normalized spacial score (nSPS) is 12.5. The molecular formula is C16H22BrN3O. The minimum absolute atomic E-state index is 0.111. The van der Waals surface area contributed by atoms with Crippen molar-refractivity contribution in [3.63, 3.8) is 0 Å². The van der Waals surface area contributed by atoms with Gasteiger partial charge in [-0.2, -0.15) is 5.10 Å². The average molecular weight is 352 g/mol. The van der Waals surface area contributed by atoms with Crippen LogP contribution in [-0.2, 0) is 20.1 Å². The first-order valence-electron chi connectivity index (χ1n) is 7.04. The summed E-state index contributed by atoms with van der Waals surface area (Å²) in [6.07, 6.45) is 0.808. The monoisotopic (exact) mass is 351 g/mol. The van der Waals surface area contributed by atoms with E-state index >= 15 is 0 Å². The highest BCUT2D eigenvalue weighted by molar-refractivity contribution is 9.10. The molecule has 0 aliphatic heterocycles. The summed E-state index contributed by atoms with van der Waals surface area (Å²) in [5.41, 5.74) is 10.3. The Kier molecular flexibility index (Phi) is 5.06. The fourth-order valence-electron chi connectivity index (χ4n) is 2.34. The molecule has 0 fully saturated rings. The lowest BCUT2D eigenvalue weighted by Crippen LogP contribution is -2.18. The van der Waals surface area contributed by atoms with Crippen molar-refractivity contribution >= 4 is 15.9 Å². The molecule has 2 N–H and O–H groups in total. The van der Waals surface area contributed by atoms with Crippen LogP contribution in [0.4, 0.5) is 0 Å². The van der Waals surface area contributed by atoms with E-state index in [2.05, 4.69) is 40.1 Å². The highest BCUT2D eigenvalue weighted by atomic mass is 79.9. The quantitative estimate of drug-likeness (QED) is 0.899. The van der Waals surface area contributed by atoms with Crippen molar-refractivity contribution < 1.29 is 4.74 Å². The lowest BCUT2D eigenvalue weighted by molar-refractivity contribution is 0.290. The maximum absolute atomic E-state index is 6.01.